The van der Waals surface area contributed by atoms with Crippen molar-refractivity contribution in [3.8, 4) is 5.75 Å². The number of hydrogen-bond acceptors (Lipinski definition) is 3. The molecule has 30 heavy (non-hydrogen) atoms. The van der Waals surface area contributed by atoms with E-state index < -0.39 is 5.82 Å². The van der Waals surface area contributed by atoms with Gasteiger partial charge < -0.3 is 19.9 Å². The SMILES string of the molecule is CCN(C[C@H]1CCCN(CCc2cccc(OC)c2)C1)C(=O)Nc1ccccc1F. The molecule has 0 radical (unpaired) electrons. The zero-order valence-corrected chi connectivity index (χ0v) is 17.9. The highest BCUT2D eigenvalue weighted by atomic mass is 19.1. The van der Waals surface area contributed by atoms with E-state index >= 15 is 0 Å². The zero-order chi connectivity index (χ0) is 21.3. The van der Waals surface area contributed by atoms with E-state index in [-0.39, 0.29) is 11.7 Å². The van der Waals surface area contributed by atoms with Crippen molar-refractivity contribution in [2.24, 2.45) is 5.92 Å². The lowest BCUT2D eigenvalue weighted by Crippen LogP contribution is -2.44. The van der Waals surface area contributed by atoms with Crippen LogP contribution in [0.15, 0.2) is 48.5 Å². The van der Waals surface area contributed by atoms with Crippen LogP contribution in [0.2, 0.25) is 0 Å². The number of likely N-dealkylation sites (tertiary alicyclic amines) is 1. The summed E-state index contributed by atoms with van der Waals surface area (Å²) in [7, 11) is 1.69. The standard InChI is InChI=1S/C24H32FN3O2/c1-3-28(24(29)26-23-12-5-4-11-22(23)25)18-20-9-7-14-27(17-20)15-13-19-8-6-10-21(16-19)30-2/h4-6,8,10-12,16,20H,3,7,9,13-15,17-18H2,1-2H3,(H,26,29)/t20-/m0/s1. The highest BCUT2D eigenvalue weighted by molar-refractivity contribution is 5.89. The van der Waals surface area contributed by atoms with Crippen LogP contribution in [-0.2, 0) is 6.42 Å². The quantitative estimate of drug-likeness (QED) is 0.686. The number of rotatable bonds is 8. The number of para-hydroxylation sites is 1. The van der Waals surface area contributed by atoms with Crippen molar-refractivity contribution in [1.29, 1.82) is 0 Å². The second kappa shape index (κ2) is 11.0. The summed E-state index contributed by atoms with van der Waals surface area (Å²) in [6.45, 7) is 6.32. The van der Waals surface area contributed by atoms with Gasteiger partial charge in [-0.2, -0.15) is 0 Å². The normalized spacial score (nSPS) is 16.8. The molecule has 6 heteroatoms. The highest BCUT2D eigenvalue weighted by Gasteiger charge is 2.24. The van der Waals surface area contributed by atoms with Gasteiger partial charge in [0.1, 0.15) is 11.6 Å². The van der Waals surface area contributed by atoms with E-state index in [1.54, 1.807) is 30.2 Å². The van der Waals surface area contributed by atoms with Crippen LogP contribution in [0.4, 0.5) is 14.9 Å². The van der Waals surface area contributed by atoms with E-state index in [0.29, 0.717) is 19.0 Å². The molecule has 0 aliphatic carbocycles. The number of benzene rings is 2. The minimum atomic E-state index is -0.414. The summed E-state index contributed by atoms with van der Waals surface area (Å²) < 4.78 is 19.2. The van der Waals surface area contributed by atoms with E-state index in [2.05, 4.69) is 22.3 Å². The fraction of sp³-hybridized carbons (Fsp3) is 0.458. The van der Waals surface area contributed by atoms with Crippen LogP contribution in [-0.4, -0.2) is 55.7 Å². The number of methoxy groups -OCH3 is 1. The number of urea groups is 1. The number of piperidine rings is 1. The first-order chi connectivity index (χ1) is 14.6. The molecule has 2 aromatic carbocycles. The number of hydrogen-bond donors (Lipinski definition) is 1. The van der Waals surface area contributed by atoms with Gasteiger partial charge in [-0.15, -0.1) is 0 Å². The molecule has 1 saturated heterocycles. The van der Waals surface area contributed by atoms with Crippen molar-refractivity contribution in [3.63, 3.8) is 0 Å². The molecular weight excluding hydrogens is 381 g/mol. The zero-order valence-electron chi connectivity index (χ0n) is 17.9. The molecule has 5 nitrogen and oxygen atoms in total. The third kappa shape index (κ3) is 6.20. The summed E-state index contributed by atoms with van der Waals surface area (Å²) in [5.41, 5.74) is 1.50. The maximum absolute atomic E-state index is 13.9. The fourth-order valence-corrected chi connectivity index (χ4v) is 4.04. The van der Waals surface area contributed by atoms with Gasteiger partial charge in [0.15, 0.2) is 0 Å². The molecule has 162 valence electrons. The Labute approximate surface area is 178 Å². The minimum absolute atomic E-state index is 0.226. The number of anilines is 1. The van der Waals surface area contributed by atoms with Crippen molar-refractivity contribution in [2.45, 2.75) is 26.2 Å². The first-order valence-electron chi connectivity index (χ1n) is 10.7. The monoisotopic (exact) mass is 413 g/mol. The molecule has 0 spiro atoms. The fourth-order valence-electron chi connectivity index (χ4n) is 4.04. The molecule has 3 rings (SSSR count). The lowest BCUT2D eigenvalue weighted by atomic mass is 9.97. The van der Waals surface area contributed by atoms with Gasteiger partial charge in [-0.1, -0.05) is 24.3 Å². The molecule has 1 aliphatic rings. The molecule has 0 aromatic heterocycles. The minimum Gasteiger partial charge on any atom is -0.497 e. The van der Waals surface area contributed by atoms with Crippen molar-refractivity contribution in [3.05, 3.63) is 59.9 Å². The van der Waals surface area contributed by atoms with E-state index in [1.165, 1.54) is 11.6 Å². The summed E-state index contributed by atoms with van der Waals surface area (Å²) in [5.74, 6) is 0.905. The molecule has 2 aromatic rings. The van der Waals surface area contributed by atoms with E-state index in [4.69, 9.17) is 4.74 Å². The van der Waals surface area contributed by atoms with Gasteiger partial charge in [0.05, 0.1) is 12.8 Å². The number of nitrogens with one attached hydrogen (secondary N) is 1. The highest BCUT2D eigenvalue weighted by Crippen LogP contribution is 2.20. The topological polar surface area (TPSA) is 44.8 Å². The third-order valence-electron chi connectivity index (χ3n) is 5.72. The summed E-state index contributed by atoms with van der Waals surface area (Å²) in [6.07, 6.45) is 3.23. The average Bonchev–Trinajstić information content (AvgIpc) is 2.78. The number of halogens is 1. The molecular formula is C24H32FN3O2. The number of nitrogens with zero attached hydrogens (tertiary/aromatic N) is 2. The van der Waals surface area contributed by atoms with Gasteiger partial charge in [0.25, 0.3) is 0 Å². The Balaban J connectivity index is 1.51. The largest absolute Gasteiger partial charge is 0.497 e. The van der Waals surface area contributed by atoms with E-state index in [0.717, 1.165) is 44.6 Å². The molecule has 1 N–H and O–H groups in total. The van der Waals surface area contributed by atoms with Crippen LogP contribution in [0.5, 0.6) is 5.75 Å². The first-order valence-corrected chi connectivity index (χ1v) is 10.7. The Morgan fingerprint density at radius 1 is 1.27 bits per heavy atom. The average molecular weight is 414 g/mol. The second-order valence-electron chi connectivity index (χ2n) is 7.86. The Hall–Kier alpha value is -2.60. The maximum atomic E-state index is 13.9. The van der Waals surface area contributed by atoms with Gasteiger partial charge in [0, 0.05) is 26.2 Å². The molecule has 2 amide bonds. The van der Waals surface area contributed by atoms with Crippen molar-refractivity contribution >= 4 is 11.7 Å². The lowest BCUT2D eigenvalue weighted by molar-refractivity contribution is 0.144. The molecule has 0 saturated carbocycles. The van der Waals surface area contributed by atoms with Gasteiger partial charge in [0.2, 0.25) is 0 Å². The Morgan fingerprint density at radius 2 is 2.10 bits per heavy atom. The van der Waals surface area contributed by atoms with Crippen molar-refractivity contribution < 1.29 is 13.9 Å². The predicted molar refractivity (Wildman–Crippen MR) is 119 cm³/mol. The maximum Gasteiger partial charge on any atom is 0.321 e. The smallest absolute Gasteiger partial charge is 0.321 e. The van der Waals surface area contributed by atoms with Crippen LogP contribution in [0, 0.1) is 11.7 Å². The predicted octanol–water partition coefficient (Wildman–Crippen LogP) is 4.64. The van der Waals surface area contributed by atoms with Crippen LogP contribution in [0.3, 0.4) is 0 Å². The van der Waals surface area contributed by atoms with Crippen molar-refractivity contribution in [1.82, 2.24) is 9.80 Å². The van der Waals surface area contributed by atoms with Crippen LogP contribution < -0.4 is 10.1 Å². The Kier molecular flexibility index (Phi) is 8.08. The van der Waals surface area contributed by atoms with Gasteiger partial charge in [-0.05, 0) is 68.5 Å². The number of ether oxygens (including phenoxy) is 1. The number of carbonyl (C=O) groups excluding carboxylic acids is 1. The Morgan fingerprint density at radius 3 is 2.87 bits per heavy atom. The third-order valence-corrected chi connectivity index (χ3v) is 5.72. The summed E-state index contributed by atoms with van der Waals surface area (Å²) >= 11 is 0. The van der Waals surface area contributed by atoms with Gasteiger partial charge in [-0.25, -0.2) is 9.18 Å². The van der Waals surface area contributed by atoms with Gasteiger partial charge >= 0.3 is 6.03 Å². The number of carbonyl (C=O) groups is 1. The summed E-state index contributed by atoms with van der Waals surface area (Å²) in [5, 5.41) is 2.71. The van der Waals surface area contributed by atoms with Crippen LogP contribution >= 0.6 is 0 Å². The molecule has 1 fully saturated rings. The Bertz CT molecular complexity index is 830. The molecule has 1 aliphatic heterocycles. The van der Waals surface area contributed by atoms with Gasteiger partial charge in [-0.3, -0.25) is 0 Å². The summed E-state index contributed by atoms with van der Waals surface area (Å²) in [4.78, 5) is 16.9. The van der Waals surface area contributed by atoms with Crippen LogP contribution in [0.1, 0.15) is 25.3 Å². The van der Waals surface area contributed by atoms with Crippen LogP contribution in [0.25, 0.3) is 0 Å². The summed E-state index contributed by atoms with van der Waals surface area (Å²) in [6, 6.07) is 14.3. The lowest BCUT2D eigenvalue weighted by Gasteiger charge is -2.35. The molecule has 1 heterocycles. The second-order valence-corrected chi connectivity index (χ2v) is 7.86. The number of amides is 2. The van der Waals surface area contributed by atoms with Crippen molar-refractivity contribution in [2.75, 3.05) is 45.2 Å². The molecule has 1 atom stereocenters. The van der Waals surface area contributed by atoms with E-state index in [1.807, 2.05) is 19.1 Å². The molecule has 0 unspecified atom stereocenters. The van der Waals surface area contributed by atoms with E-state index in [9.17, 15) is 9.18 Å². The molecule has 0 bridgehead atoms. The first kappa shape index (κ1) is 22.1.